The van der Waals surface area contributed by atoms with Crippen LogP contribution >= 0.6 is 0 Å². The molecule has 0 saturated carbocycles. The van der Waals surface area contributed by atoms with Crippen LogP contribution in [0, 0.1) is 0 Å². The molecule has 0 aliphatic carbocycles. The van der Waals surface area contributed by atoms with E-state index >= 15 is 0 Å². The van der Waals surface area contributed by atoms with E-state index in [-0.39, 0.29) is 139 Å². The maximum Gasteiger partial charge on any atom is 0.407 e. The molecule has 0 unspecified atom stereocenters. The number of hydrogen-bond acceptors (Lipinski definition) is 17. The van der Waals surface area contributed by atoms with Gasteiger partial charge in [0.15, 0.2) is 0 Å². The van der Waals surface area contributed by atoms with E-state index < -0.39 is 53.4 Å². The molecule has 26 nitrogen and oxygen atoms in total. The van der Waals surface area contributed by atoms with Gasteiger partial charge < -0.3 is 76.6 Å². The number of carboxylic acid groups (broad SMARTS) is 2. The van der Waals surface area contributed by atoms with Crippen molar-refractivity contribution in [1.82, 2.24) is 41.7 Å². The second kappa shape index (κ2) is 36.8. The first-order valence-corrected chi connectivity index (χ1v) is 26.8. The lowest BCUT2D eigenvalue weighted by Gasteiger charge is -2.23. The van der Waals surface area contributed by atoms with Crippen molar-refractivity contribution in [2.75, 3.05) is 53.5 Å². The highest BCUT2D eigenvalue weighted by atomic mass is 16.6. The first-order chi connectivity index (χ1) is 39.1. The summed E-state index contributed by atoms with van der Waals surface area (Å²) >= 11 is 0. The van der Waals surface area contributed by atoms with Gasteiger partial charge in [0.25, 0.3) is 17.7 Å². The van der Waals surface area contributed by atoms with Crippen LogP contribution in [0.15, 0.2) is 91.0 Å². The molecule has 470 valence electrons. The maximum atomic E-state index is 12.7. The molecule has 0 aromatic heterocycles. The Morgan fingerprint density at radius 1 is 0.541 bits per heavy atom. The molecule has 0 spiro atoms. The number of carbonyl (C=O) groups is 11. The number of carbonyl (C=O) groups excluding carboxylic acids is 9. The lowest BCUT2D eigenvalue weighted by molar-refractivity contribution is -0.150. The van der Waals surface area contributed by atoms with Crippen molar-refractivity contribution in [2.24, 2.45) is 5.73 Å². The van der Waals surface area contributed by atoms with Gasteiger partial charge in [0.2, 0.25) is 11.8 Å². The van der Waals surface area contributed by atoms with Crippen LogP contribution in [0.5, 0.6) is 0 Å². The van der Waals surface area contributed by atoms with Gasteiger partial charge in [-0.2, -0.15) is 0 Å². The molecule has 6 rings (SSSR count). The van der Waals surface area contributed by atoms with Crippen molar-refractivity contribution < 1.29 is 81.9 Å². The lowest BCUT2D eigenvalue weighted by Crippen LogP contribution is -2.43. The van der Waals surface area contributed by atoms with Gasteiger partial charge in [0, 0.05) is 99.8 Å². The minimum absolute atomic E-state index is 0. The number of esters is 2. The number of benzene rings is 3. The van der Waals surface area contributed by atoms with E-state index in [2.05, 4.69) is 36.6 Å². The van der Waals surface area contributed by atoms with Crippen LogP contribution in [0.4, 0.5) is 9.59 Å². The zero-order valence-electron chi connectivity index (χ0n) is 48.1. The molecule has 0 radical (unpaired) electrons. The van der Waals surface area contributed by atoms with Gasteiger partial charge in [-0.1, -0.05) is 69.5 Å². The summed E-state index contributed by atoms with van der Waals surface area (Å²) in [6, 6.07) is 23.6. The molecule has 26 heteroatoms. The maximum absolute atomic E-state index is 12.7. The fourth-order valence-corrected chi connectivity index (χ4v) is 8.35. The average molecular weight is 1190 g/mol. The third-order valence-corrected chi connectivity index (χ3v) is 12.1. The van der Waals surface area contributed by atoms with Crippen LogP contribution in [0.25, 0.3) is 0 Å². The summed E-state index contributed by atoms with van der Waals surface area (Å²) in [4.78, 5) is 131. The van der Waals surface area contributed by atoms with Crippen molar-refractivity contribution >= 4 is 65.6 Å². The number of carboxylic acids is 2. The van der Waals surface area contributed by atoms with Crippen LogP contribution in [0.2, 0.25) is 0 Å². The highest BCUT2D eigenvalue weighted by Gasteiger charge is 2.42. The van der Waals surface area contributed by atoms with Gasteiger partial charge >= 0.3 is 36.1 Å². The Bertz CT molecular complexity index is 2650. The number of nitrogens with one attached hydrogen (secondary N) is 6. The number of alkyl carbamates (subject to hydrolysis) is 2. The molecule has 3 saturated heterocycles. The Labute approximate surface area is 496 Å². The Hall–Kier alpha value is -8.65. The monoisotopic (exact) mass is 1190 g/mol. The quantitative estimate of drug-likeness (QED) is 0.0684. The summed E-state index contributed by atoms with van der Waals surface area (Å²) in [5.41, 5.74) is 5.78. The van der Waals surface area contributed by atoms with E-state index in [0.717, 1.165) is 0 Å². The number of amides is 7. The van der Waals surface area contributed by atoms with Crippen molar-refractivity contribution in [1.29, 1.82) is 0 Å². The van der Waals surface area contributed by atoms with Crippen LogP contribution in [-0.4, -0.2) is 187 Å². The Morgan fingerprint density at radius 2 is 0.918 bits per heavy atom. The molecular formula is C59H87N9O17. The molecular weight excluding hydrogens is 1110 g/mol. The fourth-order valence-electron chi connectivity index (χ4n) is 8.35. The van der Waals surface area contributed by atoms with E-state index in [1.807, 2.05) is 24.3 Å². The molecule has 3 aromatic carbocycles. The van der Waals surface area contributed by atoms with Gasteiger partial charge in [0.05, 0.1) is 20.6 Å². The second-order valence-electron chi connectivity index (χ2n) is 21.1. The lowest BCUT2D eigenvalue weighted by atomic mass is 10.1. The average Bonchev–Trinajstić information content (AvgIpc) is 3.21. The molecule has 85 heavy (non-hydrogen) atoms. The Kier molecular flexibility index (Phi) is 32.2. The normalized spacial score (nSPS) is 18.3. The topological polar surface area (TPSA) is 370 Å². The number of aliphatic carboxylic acids is 2. The summed E-state index contributed by atoms with van der Waals surface area (Å²) in [6.45, 7) is 11.7. The van der Waals surface area contributed by atoms with Crippen LogP contribution in [0.3, 0.4) is 0 Å². The van der Waals surface area contributed by atoms with Gasteiger partial charge in [-0.05, 0) is 84.4 Å². The van der Waals surface area contributed by atoms with E-state index in [1.54, 1.807) is 108 Å². The third kappa shape index (κ3) is 27.5. The molecule has 3 aliphatic rings. The number of hydrogen-bond donors (Lipinski definition) is 9. The number of ether oxygens (including phenoxy) is 4. The van der Waals surface area contributed by atoms with Crippen molar-refractivity contribution in [3.63, 3.8) is 0 Å². The van der Waals surface area contributed by atoms with Gasteiger partial charge in [-0.15, -0.1) is 0 Å². The fraction of sp³-hybridized carbons (Fsp3) is 0.508. The van der Waals surface area contributed by atoms with Crippen LogP contribution in [0.1, 0.15) is 126 Å². The zero-order chi connectivity index (χ0) is 61.9. The number of rotatable bonds is 17. The first kappa shape index (κ1) is 74.4. The molecule has 0 bridgehead atoms. The molecule has 3 fully saturated rings. The summed E-state index contributed by atoms with van der Waals surface area (Å²) in [6.07, 6.45) is -0.191. The molecule has 6 atom stereocenters. The summed E-state index contributed by atoms with van der Waals surface area (Å²) in [7, 11) is 2.62. The third-order valence-electron chi connectivity index (χ3n) is 12.1. The van der Waals surface area contributed by atoms with Crippen LogP contribution in [-0.2, 0) is 47.7 Å². The van der Waals surface area contributed by atoms with Crippen molar-refractivity contribution in [3.8, 4) is 0 Å². The van der Waals surface area contributed by atoms with Gasteiger partial charge in [-0.3, -0.25) is 33.6 Å². The van der Waals surface area contributed by atoms with E-state index in [1.165, 1.54) is 24.0 Å². The molecule has 7 amide bonds. The summed E-state index contributed by atoms with van der Waals surface area (Å²) in [5.74, 6) is -4.13. The second-order valence-corrected chi connectivity index (χ2v) is 21.1. The highest BCUT2D eigenvalue weighted by molar-refractivity contribution is 5.96. The largest absolute Gasteiger partial charge is 0.481 e. The van der Waals surface area contributed by atoms with E-state index in [0.29, 0.717) is 29.7 Å². The molecule has 3 heterocycles. The number of nitrogens with zero attached hydrogens (tertiary/aromatic N) is 2. The molecule has 3 aliphatic heterocycles. The van der Waals surface area contributed by atoms with Gasteiger partial charge in [0.1, 0.15) is 29.3 Å². The van der Waals surface area contributed by atoms with Crippen LogP contribution < -0.4 is 37.6 Å². The predicted octanol–water partition coefficient (Wildman–Crippen LogP) is 3.87. The van der Waals surface area contributed by atoms with Gasteiger partial charge in [-0.25, -0.2) is 19.2 Å². The Balaban J connectivity index is 0.000000586. The number of likely N-dealkylation sites (tertiary alicyclic amines) is 2. The minimum Gasteiger partial charge on any atom is -0.481 e. The van der Waals surface area contributed by atoms with E-state index in [9.17, 15) is 57.8 Å². The minimum atomic E-state index is -1.07. The van der Waals surface area contributed by atoms with E-state index in [4.69, 9.17) is 25.1 Å². The van der Waals surface area contributed by atoms with Crippen molar-refractivity contribution in [3.05, 3.63) is 108 Å². The molecule has 3 aromatic rings. The predicted molar refractivity (Wildman–Crippen MR) is 314 cm³/mol. The number of nitrogens with two attached hydrogens (primary N) is 1. The highest BCUT2D eigenvalue weighted by Crippen LogP contribution is 2.22. The first-order valence-electron chi connectivity index (χ1n) is 26.8. The SMILES string of the molecule is C.C.CC(C)(C)OC(=O)NCCC(=O)O.COC(=O)[C@@H]1C[C@@H](NC(=O)c2ccccc2)CN1.COC(=O)[C@@H]1C[C@@H](NC(=O)c2ccccc2)CN1C(=O)CCNC(=O)OC(C)(C)C.NCCC(=O)N1C[C@H](NC(=O)c2ccccc2)C[C@H]1C(=O)O. The smallest absolute Gasteiger partial charge is 0.407 e. The number of methoxy groups -OCH3 is 2. The summed E-state index contributed by atoms with van der Waals surface area (Å²) in [5, 5.41) is 33.9. The standard InChI is InChI=1S/C21H29N3O6.C15H19N3O4.C13H16N2O3.C8H15NO4.2CH4/c1-21(2,3)30-20(28)22-11-10-17(25)24-13-15(12-16(24)19(27)29-4)23-18(26)14-8-6-5-7-9-14;16-7-6-13(19)18-9-11(8-12(18)15(21)22)17-14(20)10-4-2-1-3-5-10;1-18-13(17)11-7-10(8-14-11)15-12(16)9-5-3-2-4-6-9;1-8(2,3)13-7(12)9-5-4-6(10)11;;/h5-9,15-16H,10-13H2,1-4H3,(H,22,28)(H,23,26);1-5,11-12H,6-9,16H2,(H,17,20)(H,21,22);2-6,10-11,14H,7-8H2,1H3,(H,15,16);4-5H2,1-3H3,(H,9,12)(H,10,11);2*1H4/t15-,16+;11-,12+;10-,11+;;;/m111.../s1. The Morgan fingerprint density at radius 3 is 1.29 bits per heavy atom. The summed E-state index contributed by atoms with van der Waals surface area (Å²) < 4.78 is 19.5. The molecule has 10 N–H and O–H groups in total. The zero-order valence-corrected chi connectivity index (χ0v) is 48.1. The van der Waals surface area contributed by atoms with Crippen molar-refractivity contribution in [2.45, 2.75) is 142 Å².